The van der Waals surface area contributed by atoms with Crippen molar-refractivity contribution in [3.8, 4) is 0 Å². The van der Waals surface area contributed by atoms with Gasteiger partial charge in [-0.3, -0.25) is 0 Å². The van der Waals surface area contributed by atoms with Gasteiger partial charge in [-0.1, -0.05) is 40.9 Å². The molecule has 0 fully saturated rings. The molecule has 20 heavy (non-hydrogen) atoms. The van der Waals surface area contributed by atoms with Crippen molar-refractivity contribution in [1.82, 2.24) is 0 Å². The van der Waals surface area contributed by atoms with Crippen LogP contribution in [0.5, 0.6) is 0 Å². The minimum Gasteiger partial charge on any atom is -0.377 e. The molecule has 1 aliphatic heterocycles. The predicted octanol–water partition coefficient (Wildman–Crippen LogP) is 6.30. The summed E-state index contributed by atoms with van der Waals surface area (Å²) in [5.41, 5.74) is 2.09. The van der Waals surface area contributed by atoms with Crippen molar-refractivity contribution in [2.45, 2.75) is 17.4 Å². The van der Waals surface area contributed by atoms with Crippen LogP contribution in [0.2, 0.25) is 15.1 Å². The van der Waals surface area contributed by atoms with E-state index < -0.39 is 0 Å². The minimum atomic E-state index is 0.209. The summed E-state index contributed by atoms with van der Waals surface area (Å²) in [5.74, 6) is 1.07. The van der Waals surface area contributed by atoms with Gasteiger partial charge in [-0.2, -0.15) is 0 Å². The Balaban J connectivity index is 1.93. The summed E-state index contributed by atoms with van der Waals surface area (Å²) >= 11 is 20.3. The average Bonchev–Trinajstić information content (AvgIpc) is 2.44. The lowest BCUT2D eigenvalue weighted by atomic mass is 10.0. The third kappa shape index (κ3) is 2.89. The van der Waals surface area contributed by atoms with E-state index in [1.54, 1.807) is 6.07 Å². The first kappa shape index (κ1) is 14.4. The fraction of sp³-hybridized carbons (Fsp3) is 0.200. The molecule has 0 radical (unpaired) electrons. The van der Waals surface area contributed by atoms with E-state index in [4.69, 9.17) is 34.8 Å². The number of rotatable bonds is 2. The van der Waals surface area contributed by atoms with Gasteiger partial charge in [0.15, 0.2) is 0 Å². The van der Waals surface area contributed by atoms with Crippen LogP contribution in [-0.4, -0.2) is 5.75 Å². The van der Waals surface area contributed by atoms with E-state index in [1.165, 1.54) is 10.5 Å². The van der Waals surface area contributed by atoms with Crippen molar-refractivity contribution in [3.05, 3.63) is 57.0 Å². The van der Waals surface area contributed by atoms with Crippen molar-refractivity contribution in [3.63, 3.8) is 0 Å². The summed E-state index contributed by atoms with van der Waals surface area (Å²) in [6.07, 6.45) is 1.03. The normalized spacial score (nSPS) is 17.6. The summed E-state index contributed by atoms with van der Waals surface area (Å²) in [6.45, 7) is 0. The van der Waals surface area contributed by atoms with Gasteiger partial charge >= 0.3 is 0 Å². The zero-order valence-corrected chi connectivity index (χ0v) is 13.6. The molecule has 0 saturated heterocycles. The van der Waals surface area contributed by atoms with Gasteiger partial charge in [-0.15, -0.1) is 11.8 Å². The summed E-state index contributed by atoms with van der Waals surface area (Å²) in [5, 5.41) is 5.37. The molecule has 1 unspecified atom stereocenters. The largest absolute Gasteiger partial charge is 0.377 e. The molecule has 1 aliphatic rings. The van der Waals surface area contributed by atoms with Gasteiger partial charge in [-0.05, 0) is 42.3 Å². The zero-order chi connectivity index (χ0) is 14.1. The molecule has 0 bridgehead atoms. The molecule has 1 atom stereocenters. The molecule has 3 rings (SSSR count). The highest BCUT2D eigenvalue weighted by Gasteiger charge is 2.21. The maximum absolute atomic E-state index is 6.25. The fourth-order valence-corrected chi connectivity index (χ4v) is 3.96. The van der Waals surface area contributed by atoms with E-state index in [0.29, 0.717) is 10.0 Å². The SMILES string of the molecule is Clc1ccc2c(c1)C(Nc1cccc(Cl)c1Cl)CCS2. The first-order valence-electron chi connectivity index (χ1n) is 6.28. The average molecular weight is 345 g/mol. The van der Waals surface area contributed by atoms with Crippen molar-refractivity contribution in [2.24, 2.45) is 0 Å². The van der Waals surface area contributed by atoms with Gasteiger partial charge in [0.1, 0.15) is 0 Å². The Morgan fingerprint density at radius 2 is 1.95 bits per heavy atom. The number of halogens is 3. The van der Waals surface area contributed by atoms with Crippen LogP contribution in [0.3, 0.4) is 0 Å². The second-order valence-electron chi connectivity index (χ2n) is 4.62. The van der Waals surface area contributed by atoms with E-state index in [9.17, 15) is 0 Å². The Labute approximate surface area is 137 Å². The lowest BCUT2D eigenvalue weighted by Gasteiger charge is -2.27. The van der Waals surface area contributed by atoms with Crippen molar-refractivity contribution < 1.29 is 0 Å². The lowest BCUT2D eigenvalue weighted by Crippen LogP contribution is -2.16. The molecular formula is C15H12Cl3NS. The number of fused-ring (bicyclic) bond motifs is 1. The molecule has 1 nitrogen and oxygen atoms in total. The summed E-state index contributed by atoms with van der Waals surface area (Å²) in [6, 6.07) is 11.9. The number of nitrogens with one attached hydrogen (secondary N) is 1. The van der Waals surface area contributed by atoms with Crippen LogP contribution in [-0.2, 0) is 0 Å². The predicted molar refractivity (Wildman–Crippen MR) is 89.6 cm³/mol. The van der Waals surface area contributed by atoms with Crippen LogP contribution < -0.4 is 5.32 Å². The van der Waals surface area contributed by atoms with Crippen LogP contribution in [0.15, 0.2) is 41.3 Å². The van der Waals surface area contributed by atoms with Crippen LogP contribution in [0.25, 0.3) is 0 Å². The summed E-state index contributed by atoms with van der Waals surface area (Å²) in [7, 11) is 0. The zero-order valence-electron chi connectivity index (χ0n) is 10.5. The highest BCUT2D eigenvalue weighted by molar-refractivity contribution is 7.99. The standard InChI is InChI=1S/C15H12Cl3NS/c16-9-4-5-14-10(8-9)12(6-7-20-14)19-13-3-1-2-11(17)15(13)18/h1-5,8,12,19H,6-7H2. The highest BCUT2D eigenvalue weighted by Crippen LogP contribution is 2.40. The van der Waals surface area contributed by atoms with Crippen molar-refractivity contribution in [2.75, 3.05) is 11.1 Å². The van der Waals surface area contributed by atoms with E-state index in [0.717, 1.165) is 22.9 Å². The van der Waals surface area contributed by atoms with Gasteiger partial charge in [0, 0.05) is 15.7 Å². The maximum atomic E-state index is 6.25. The first-order chi connectivity index (χ1) is 9.65. The number of hydrogen-bond acceptors (Lipinski definition) is 2. The molecular weight excluding hydrogens is 333 g/mol. The first-order valence-corrected chi connectivity index (χ1v) is 8.40. The van der Waals surface area contributed by atoms with Crippen LogP contribution in [0.1, 0.15) is 18.0 Å². The molecule has 0 spiro atoms. The Kier molecular flexibility index (Phi) is 4.37. The van der Waals surface area contributed by atoms with Crippen molar-refractivity contribution in [1.29, 1.82) is 0 Å². The highest BCUT2D eigenvalue weighted by atomic mass is 35.5. The molecule has 0 amide bonds. The second kappa shape index (κ2) is 6.07. The molecule has 1 N–H and O–H groups in total. The number of anilines is 1. The van der Waals surface area contributed by atoms with Gasteiger partial charge < -0.3 is 5.32 Å². The smallest absolute Gasteiger partial charge is 0.0823 e. The number of benzene rings is 2. The fourth-order valence-electron chi connectivity index (χ4n) is 2.32. The monoisotopic (exact) mass is 343 g/mol. The third-order valence-electron chi connectivity index (χ3n) is 3.29. The molecule has 2 aromatic carbocycles. The maximum Gasteiger partial charge on any atom is 0.0823 e. The van der Waals surface area contributed by atoms with Crippen LogP contribution in [0.4, 0.5) is 5.69 Å². The van der Waals surface area contributed by atoms with E-state index in [2.05, 4.69) is 11.4 Å². The quantitative estimate of drug-likeness (QED) is 0.686. The van der Waals surface area contributed by atoms with E-state index in [-0.39, 0.29) is 6.04 Å². The van der Waals surface area contributed by atoms with Gasteiger partial charge in [0.25, 0.3) is 0 Å². The molecule has 2 aromatic rings. The molecule has 5 heteroatoms. The Morgan fingerprint density at radius 3 is 2.80 bits per heavy atom. The summed E-state index contributed by atoms with van der Waals surface area (Å²) in [4.78, 5) is 1.27. The molecule has 0 aliphatic carbocycles. The lowest BCUT2D eigenvalue weighted by molar-refractivity contribution is 0.729. The number of hydrogen-bond donors (Lipinski definition) is 1. The Bertz CT molecular complexity index is 645. The van der Waals surface area contributed by atoms with Crippen molar-refractivity contribution >= 4 is 52.3 Å². The Hall–Kier alpha value is -0.540. The molecule has 0 aromatic heterocycles. The minimum absolute atomic E-state index is 0.209. The molecule has 1 heterocycles. The Morgan fingerprint density at radius 1 is 1.10 bits per heavy atom. The third-order valence-corrected chi connectivity index (χ3v) is 5.47. The van der Waals surface area contributed by atoms with Crippen LogP contribution >= 0.6 is 46.6 Å². The molecule has 0 saturated carbocycles. The van der Waals surface area contributed by atoms with Crippen LogP contribution in [0, 0.1) is 0 Å². The van der Waals surface area contributed by atoms with E-state index in [1.807, 2.05) is 36.0 Å². The van der Waals surface area contributed by atoms with Gasteiger partial charge in [0.2, 0.25) is 0 Å². The second-order valence-corrected chi connectivity index (χ2v) is 6.98. The van der Waals surface area contributed by atoms with E-state index >= 15 is 0 Å². The van der Waals surface area contributed by atoms with Gasteiger partial charge in [0.05, 0.1) is 21.8 Å². The van der Waals surface area contributed by atoms with Gasteiger partial charge in [-0.25, -0.2) is 0 Å². The summed E-state index contributed by atoms with van der Waals surface area (Å²) < 4.78 is 0. The molecule has 104 valence electrons. The number of thioether (sulfide) groups is 1. The topological polar surface area (TPSA) is 12.0 Å².